The minimum absolute atomic E-state index is 0.148. The first-order chi connectivity index (χ1) is 16.2. The highest BCUT2D eigenvalue weighted by Crippen LogP contribution is 2.34. The van der Waals surface area contributed by atoms with E-state index < -0.39 is 0 Å². The molecule has 33 heavy (non-hydrogen) atoms. The third kappa shape index (κ3) is 5.01. The lowest BCUT2D eigenvalue weighted by Gasteiger charge is -2.32. The predicted molar refractivity (Wildman–Crippen MR) is 131 cm³/mol. The van der Waals surface area contributed by atoms with E-state index in [1.165, 1.54) is 53.6 Å². The monoisotopic (exact) mass is 444 g/mol. The Morgan fingerprint density at radius 1 is 0.818 bits per heavy atom. The Bertz CT molecular complexity index is 1130. The molecular formula is C29H30F2N2. The number of likely N-dealkylation sites (tertiary alicyclic amines) is 1. The summed E-state index contributed by atoms with van der Waals surface area (Å²) < 4.78 is 26.9. The van der Waals surface area contributed by atoms with Crippen molar-refractivity contribution in [2.24, 2.45) is 0 Å². The summed E-state index contributed by atoms with van der Waals surface area (Å²) in [4.78, 5) is 5.99. The van der Waals surface area contributed by atoms with E-state index in [1.807, 2.05) is 24.3 Å². The van der Waals surface area contributed by atoms with Gasteiger partial charge in [0.2, 0.25) is 0 Å². The van der Waals surface area contributed by atoms with E-state index in [-0.39, 0.29) is 17.6 Å². The van der Waals surface area contributed by atoms with Gasteiger partial charge in [-0.25, -0.2) is 8.78 Å². The van der Waals surface area contributed by atoms with Crippen LogP contribution in [-0.2, 0) is 0 Å². The maximum Gasteiger partial charge on any atom is 0.123 e. The second-order valence-electron chi connectivity index (χ2n) is 9.20. The first kappa shape index (κ1) is 21.8. The van der Waals surface area contributed by atoms with Gasteiger partial charge in [0.05, 0.1) is 0 Å². The molecule has 170 valence electrons. The number of halogens is 2. The molecule has 0 bridgehead atoms. The van der Waals surface area contributed by atoms with E-state index in [2.05, 4.69) is 40.3 Å². The van der Waals surface area contributed by atoms with Gasteiger partial charge in [-0.1, -0.05) is 42.5 Å². The van der Waals surface area contributed by atoms with Crippen LogP contribution in [0.1, 0.15) is 54.2 Å². The van der Waals surface area contributed by atoms with Gasteiger partial charge in [0.1, 0.15) is 11.6 Å². The summed E-state index contributed by atoms with van der Waals surface area (Å²) >= 11 is 0. The molecule has 2 nitrogen and oxygen atoms in total. The highest BCUT2D eigenvalue weighted by Gasteiger charge is 2.23. The second kappa shape index (κ2) is 9.88. The van der Waals surface area contributed by atoms with E-state index in [0.29, 0.717) is 5.92 Å². The fourth-order valence-corrected chi connectivity index (χ4v) is 5.33. The zero-order valence-corrected chi connectivity index (χ0v) is 18.8. The Morgan fingerprint density at radius 2 is 1.42 bits per heavy atom. The molecule has 0 spiro atoms. The van der Waals surface area contributed by atoms with Gasteiger partial charge in [-0.05, 0) is 98.3 Å². The number of benzene rings is 3. The van der Waals surface area contributed by atoms with Crippen molar-refractivity contribution in [3.05, 3.63) is 107 Å². The van der Waals surface area contributed by atoms with Crippen molar-refractivity contribution >= 4 is 10.9 Å². The van der Waals surface area contributed by atoms with Crippen molar-refractivity contribution < 1.29 is 8.78 Å². The molecule has 0 aliphatic carbocycles. The number of para-hydroxylation sites is 1. The Kier molecular flexibility index (Phi) is 6.54. The van der Waals surface area contributed by atoms with Crippen molar-refractivity contribution in [2.45, 2.75) is 37.5 Å². The van der Waals surface area contributed by atoms with Crippen LogP contribution in [-0.4, -0.2) is 29.5 Å². The number of aromatic amines is 1. The Labute approximate surface area is 194 Å². The lowest BCUT2D eigenvalue weighted by molar-refractivity contribution is 0.208. The third-order valence-corrected chi connectivity index (χ3v) is 7.16. The number of hydrogen-bond donors (Lipinski definition) is 1. The first-order valence-electron chi connectivity index (χ1n) is 12.0. The SMILES string of the molecule is Fc1ccc(C(CCCN2CCC(c3c[nH]c4ccccc34)CC2)c2ccc(F)cc2)cc1. The van der Waals surface area contributed by atoms with Gasteiger partial charge in [0, 0.05) is 23.0 Å². The number of piperidine rings is 1. The van der Waals surface area contributed by atoms with Crippen LogP contribution in [0.15, 0.2) is 79.0 Å². The van der Waals surface area contributed by atoms with Crippen LogP contribution in [0, 0.1) is 11.6 Å². The van der Waals surface area contributed by atoms with Crippen molar-refractivity contribution in [1.82, 2.24) is 9.88 Å². The van der Waals surface area contributed by atoms with Crippen LogP contribution in [0.3, 0.4) is 0 Å². The quantitative estimate of drug-likeness (QED) is 0.318. The number of rotatable bonds is 7. The van der Waals surface area contributed by atoms with Crippen LogP contribution in [0.4, 0.5) is 8.78 Å². The zero-order chi connectivity index (χ0) is 22.6. The molecule has 1 fully saturated rings. The van der Waals surface area contributed by atoms with Gasteiger partial charge in [0.25, 0.3) is 0 Å². The van der Waals surface area contributed by atoms with Crippen LogP contribution in [0.25, 0.3) is 10.9 Å². The molecule has 0 radical (unpaired) electrons. The number of aromatic nitrogens is 1. The highest BCUT2D eigenvalue weighted by atomic mass is 19.1. The summed E-state index contributed by atoms with van der Waals surface area (Å²) in [6, 6.07) is 22.1. The molecular weight excluding hydrogens is 414 g/mol. The van der Waals surface area contributed by atoms with Crippen LogP contribution in [0.2, 0.25) is 0 Å². The van der Waals surface area contributed by atoms with Crippen LogP contribution in [0.5, 0.6) is 0 Å². The molecule has 1 N–H and O–H groups in total. The van der Waals surface area contributed by atoms with Crippen LogP contribution < -0.4 is 0 Å². The van der Waals surface area contributed by atoms with E-state index in [0.717, 1.165) is 43.6 Å². The second-order valence-corrected chi connectivity index (χ2v) is 9.20. The van der Waals surface area contributed by atoms with E-state index in [4.69, 9.17) is 0 Å². The molecule has 4 heteroatoms. The Morgan fingerprint density at radius 3 is 2.06 bits per heavy atom. The van der Waals surface area contributed by atoms with E-state index in [1.54, 1.807) is 0 Å². The summed E-state index contributed by atoms with van der Waals surface area (Å²) in [5.74, 6) is 0.308. The highest BCUT2D eigenvalue weighted by molar-refractivity contribution is 5.83. The van der Waals surface area contributed by atoms with Crippen LogP contribution >= 0.6 is 0 Å². The topological polar surface area (TPSA) is 19.0 Å². The summed E-state index contributed by atoms with van der Waals surface area (Å²) in [6.45, 7) is 3.28. The Hall–Kier alpha value is -2.98. The maximum atomic E-state index is 13.5. The van der Waals surface area contributed by atoms with Gasteiger partial charge in [-0.15, -0.1) is 0 Å². The average molecular weight is 445 g/mol. The first-order valence-corrected chi connectivity index (χ1v) is 12.0. The molecule has 4 aromatic rings. The largest absolute Gasteiger partial charge is 0.361 e. The molecule has 0 amide bonds. The molecule has 1 aromatic heterocycles. The summed E-state index contributed by atoms with van der Waals surface area (Å²) in [5.41, 5.74) is 4.85. The summed E-state index contributed by atoms with van der Waals surface area (Å²) in [6.07, 6.45) is 6.57. The summed E-state index contributed by atoms with van der Waals surface area (Å²) in [5, 5.41) is 1.36. The molecule has 0 unspecified atom stereocenters. The molecule has 1 saturated heterocycles. The molecule has 1 aliphatic rings. The normalized spacial score (nSPS) is 15.5. The zero-order valence-electron chi connectivity index (χ0n) is 18.8. The molecule has 1 aliphatic heterocycles. The Balaban J connectivity index is 1.19. The fraction of sp³-hybridized carbons (Fsp3) is 0.310. The van der Waals surface area contributed by atoms with Gasteiger partial charge in [-0.3, -0.25) is 0 Å². The van der Waals surface area contributed by atoms with Gasteiger partial charge >= 0.3 is 0 Å². The van der Waals surface area contributed by atoms with Crippen molar-refractivity contribution in [3.8, 4) is 0 Å². The van der Waals surface area contributed by atoms with Crippen molar-refractivity contribution in [3.63, 3.8) is 0 Å². The predicted octanol–water partition coefficient (Wildman–Crippen LogP) is 7.24. The third-order valence-electron chi connectivity index (χ3n) is 7.16. The lowest BCUT2D eigenvalue weighted by atomic mass is 9.87. The van der Waals surface area contributed by atoms with E-state index in [9.17, 15) is 8.78 Å². The lowest BCUT2D eigenvalue weighted by Crippen LogP contribution is -2.33. The van der Waals surface area contributed by atoms with Gasteiger partial charge in [0.15, 0.2) is 0 Å². The molecule has 2 heterocycles. The fourth-order valence-electron chi connectivity index (χ4n) is 5.33. The van der Waals surface area contributed by atoms with Gasteiger partial charge < -0.3 is 9.88 Å². The standard InChI is InChI=1S/C29H30F2N2/c30-24-11-7-21(8-12-24)26(22-9-13-25(31)14-10-22)5-3-17-33-18-15-23(16-19-33)28-20-32-29-6-2-1-4-27(28)29/h1-2,4,6-14,20,23,26,32H,3,5,15-19H2. The minimum Gasteiger partial charge on any atom is -0.361 e. The number of hydrogen-bond acceptors (Lipinski definition) is 1. The smallest absolute Gasteiger partial charge is 0.123 e. The number of nitrogens with zero attached hydrogens (tertiary/aromatic N) is 1. The number of nitrogens with one attached hydrogen (secondary N) is 1. The maximum absolute atomic E-state index is 13.5. The molecule has 5 rings (SSSR count). The number of H-pyrrole nitrogens is 1. The van der Waals surface area contributed by atoms with Crippen molar-refractivity contribution in [1.29, 1.82) is 0 Å². The summed E-state index contributed by atoms with van der Waals surface area (Å²) in [7, 11) is 0. The van der Waals surface area contributed by atoms with Gasteiger partial charge in [-0.2, -0.15) is 0 Å². The van der Waals surface area contributed by atoms with E-state index >= 15 is 0 Å². The molecule has 0 saturated carbocycles. The molecule has 3 aromatic carbocycles. The number of fused-ring (bicyclic) bond motifs is 1. The average Bonchev–Trinajstić information content (AvgIpc) is 3.28. The molecule has 0 atom stereocenters. The minimum atomic E-state index is -0.227. The van der Waals surface area contributed by atoms with Crippen molar-refractivity contribution in [2.75, 3.05) is 19.6 Å².